The molecule has 4 N–H and O–H groups in total. The summed E-state index contributed by atoms with van der Waals surface area (Å²) in [6.07, 6.45) is 6.58. The molecule has 1 fully saturated rings. The summed E-state index contributed by atoms with van der Waals surface area (Å²) in [6, 6.07) is -0.393. The number of aromatic nitrogens is 1. The molecule has 0 aromatic carbocycles. The zero-order valence-corrected chi connectivity index (χ0v) is 16.0. The maximum absolute atomic E-state index is 12.4. The van der Waals surface area contributed by atoms with Crippen molar-refractivity contribution in [1.82, 2.24) is 10.3 Å². The number of rotatable bonds is 9. The van der Waals surface area contributed by atoms with Crippen LogP contribution in [0.5, 0.6) is 0 Å². The fourth-order valence-electron chi connectivity index (χ4n) is 3.24. The highest BCUT2D eigenvalue weighted by Crippen LogP contribution is 2.31. The number of carbonyl (C=O) groups excluding carboxylic acids is 1. The molecule has 1 amide bonds. The Morgan fingerprint density at radius 3 is 2.76 bits per heavy atom. The van der Waals surface area contributed by atoms with Crippen LogP contribution in [0.3, 0.4) is 0 Å². The highest BCUT2D eigenvalue weighted by molar-refractivity contribution is 7.09. The molecule has 6 nitrogen and oxygen atoms in total. The van der Waals surface area contributed by atoms with E-state index in [2.05, 4.69) is 10.3 Å². The molecule has 0 spiro atoms. The van der Waals surface area contributed by atoms with Gasteiger partial charge >= 0.3 is 0 Å². The van der Waals surface area contributed by atoms with E-state index in [1.54, 1.807) is 6.20 Å². The molecular formula is C18H31N3O3S. The molecule has 1 aromatic heterocycles. The Labute approximate surface area is 154 Å². The van der Waals surface area contributed by atoms with Crippen molar-refractivity contribution in [3.8, 4) is 0 Å². The van der Waals surface area contributed by atoms with Crippen molar-refractivity contribution in [2.24, 2.45) is 17.6 Å². The van der Waals surface area contributed by atoms with E-state index in [1.165, 1.54) is 30.6 Å². The molecule has 0 aliphatic heterocycles. The number of aliphatic hydroxyl groups excluding tert-OH is 1. The summed E-state index contributed by atoms with van der Waals surface area (Å²) in [7, 11) is 0. The average Bonchev–Trinajstić information content (AvgIpc) is 3.13. The van der Waals surface area contributed by atoms with Crippen molar-refractivity contribution in [3.05, 3.63) is 16.6 Å². The number of carbonyl (C=O) groups is 1. The van der Waals surface area contributed by atoms with E-state index in [1.807, 2.05) is 19.2 Å². The summed E-state index contributed by atoms with van der Waals surface area (Å²) in [5, 5.41) is 16.1. The summed E-state index contributed by atoms with van der Waals surface area (Å²) in [6.45, 7) is 4.43. The van der Waals surface area contributed by atoms with Crippen molar-refractivity contribution in [2.45, 2.75) is 70.7 Å². The number of nitrogens with zero attached hydrogens (tertiary/aromatic N) is 1. The molecule has 3 atom stereocenters. The number of hydrogen-bond acceptors (Lipinski definition) is 6. The minimum Gasteiger partial charge on any atom is -0.384 e. The lowest BCUT2D eigenvalue weighted by Crippen LogP contribution is -2.49. The third kappa shape index (κ3) is 6.66. The number of aliphatic hydroxyl groups is 1. The van der Waals surface area contributed by atoms with Gasteiger partial charge in [0.15, 0.2) is 6.23 Å². The Hall–Kier alpha value is -1.02. The van der Waals surface area contributed by atoms with Gasteiger partial charge in [0.1, 0.15) is 11.1 Å². The number of hydrogen-bond donors (Lipinski definition) is 3. The topological polar surface area (TPSA) is 97.5 Å². The monoisotopic (exact) mass is 369 g/mol. The molecule has 1 saturated carbocycles. The smallest absolute Gasteiger partial charge is 0.264 e. The van der Waals surface area contributed by atoms with Gasteiger partial charge in [-0.3, -0.25) is 10.5 Å². The molecule has 1 aromatic rings. The molecule has 142 valence electrons. The van der Waals surface area contributed by atoms with Crippen LogP contribution in [0, 0.1) is 11.8 Å². The lowest BCUT2D eigenvalue weighted by Gasteiger charge is -2.30. The van der Waals surface area contributed by atoms with Crippen LogP contribution in [0.15, 0.2) is 11.6 Å². The minimum absolute atomic E-state index is 0.304. The summed E-state index contributed by atoms with van der Waals surface area (Å²) >= 11 is 1.40. The van der Waals surface area contributed by atoms with E-state index < -0.39 is 18.4 Å². The maximum Gasteiger partial charge on any atom is 0.264 e. The first-order valence-corrected chi connectivity index (χ1v) is 10.1. The van der Waals surface area contributed by atoms with Crippen LogP contribution in [0.4, 0.5) is 0 Å². The van der Waals surface area contributed by atoms with Crippen LogP contribution >= 0.6 is 11.3 Å². The van der Waals surface area contributed by atoms with E-state index in [0.717, 1.165) is 19.3 Å². The van der Waals surface area contributed by atoms with Gasteiger partial charge in [0.2, 0.25) is 0 Å². The molecular weight excluding hydrogens is 338 g/mol. The van der Waals surface area contributed by atoms with Crippen molar-refractivity contribution in [3.63, 3.8) is 0 Å². The lowest BCUT2D eigenvalue weighted by atomic mass is 9.83. The number of ether oxygens (including phenoxy) is 1. The van der Waals surface area contributed by atoms with Gasteiger partial charge in [-0.05, 0) is 18.3 Å². The molecule has 1 heterocycles. The van der Waals surface area contributed by atoms with Crippen LogP contribution in [0.1, 0.15) is 63.5 Å². The predicted octanol–water partition coefficient (Wildman–Crippen LogP) is 2.59. The normalized spacial score (nSPS) is 19.6. The highest BCUT2D eigenvalue weighted by Gasteiger charge is 2.30. The number of thiazole rings is 1. The Morgan fingerprint density at radius 1 is 1.44 bits per heavy atom. The SMILES string of the molecule is CC(C)COC(N)C(=O)N[C@@H](CC1CCCCC1)[C@@H](O)c1nccs1. The van der Waals surface area contributed by atoms with Crippen LogP contribution in [0.25, 0.3) is 0 Å². The van der Waals surface area contributed by atoms with Crippen LogP contribution in [-0.4, -0.2) is 34.9 Å². The van der Waals surface area contributed by atoms with Crippen LogP contribution in [-0.2, 0) is 9.53 Å². The zero-order valence-electron chi connectivity index (χ0n) is 15.2. The second-order valence-electron chi connectivity index (χ2n) is 7.32. The first-order chi connectivity index (χ1) is 12.0. The molecule has 7 heteroatoms. The van der Waals surface area contributed by atoms with Crippen LogP contribution < -0.4 is 11.1 Å². The zero-order chi connectivity index (χ0) is 18.2. The largest absolute Gasteiger partial charge is 0.384 e. The van der Waals surface area contributed by atoms with E-state index in [-0.39, 0.29) is 5.91 Å². The first kappa shape index (κ1) is 20.3. The Kier molecular flexibility index (Phi) is 8.29. The second-order valence-corrected chi connectivity index (χ2v) is 8.24. The molecule has 1 aliphatic carbocycles. The molecule has 2 rings (SSSR count). The quantitative estimate of drug-likeness (QED) is 0.581. The van der Waals surface area contributed by atoms with Crippen LogP contribution in [0.2, 0.25) is 0 Å². The lowest BCUT2D eigenvalue weighted by molar-refractivity contribution is -0.135. The van der Waals surface area contributed by atoms with E-state index in [4.69, 9.17) is 10.5 Å². The fraction of sp³-hybridized carbons (Fsp3) is 0.778. The molecule has 0 bridgehead atoms. The van der Waals surface area contributed by atoms with Gasteiger partial charge in [0, 0.05) is 11.6 Å². The fourth-order valence-corrected chi connectivity index (χ4v) is 3.92. The number of nitrogens with two attached hydrogens (primary N) is 1. The summed E-state index contributed by atoms with van der Waals surface area (Å²) < 4.78 is 5.40. The van der Waals surface area contributed by atoms with Gasteiger partial charge in [-0.1, -0.05) is 46.0 Å². The molecule has 0 saturated heterocycles. The van der Waals surface area contributed by atoms with Crippen molar-refractivity contribution in [2.75, 3.05) is 6.61 Å². The van der Waals surface area contributed by atoms with Crippen molar-refractivity contribution >= 4 is 17.2 Å². The predicted molar refractivity (Wildman–Crippen MR) is 99.0 cm³/mol. The van der Waals surface area contributed by atoms with Gasteiger partial charge in [0.05, 0.1) is 12.6 Å². The average molecular weight is 370 g/mol. The van der Waals surface area contributed by atoms with E-state index >= 15 is 0 Å². The van der Waals surface area contributed by atoms with Crippen molar-refractivity contribution < 1.29 is 14.6 Å². The van der Waals surface area contributed by atoms with Gasteiger partial charge in [-0.15, -0.1) is 11.3 Å². The van der Waals surface area contributed by atoms with Gasteiger partial charge in [-0.25, -0.2) is 4.98 Å². The Bertz CT molecular complexity index is 504. The summed E-state index contributed by atoms with van der Waals surface area (Å²) in [5.41, 5.74) is 5.84. The second kappa shape index (κ2) is 10.2. The van der Waals surface area contributed by atoms with Gasteiger partial charge < -0.3 is 15.2 Å². The van der Waals surface area contributed by atoms with Gasteiger partial charge in [-0.2, -0.15) is 0 Å². The third-order valence-electron chi connectivity index (χ3n) is 4.59. The minimum atomic E-state index is -1.01. The Morgan fingerprint density at radius 2 is 2.16 bits per heavy atom. The molecule has 0 radical (unpaired) electrons. The summed E-state index contributed by atoms with van der Waals surface area (Å²) in [5.74, 6) is 0.441. The summed E-state index contributed by atoms with van der Waals surface area (Å²) in [4.78, 5) is 16.6. The maximum atomic E-state index is 12.4. The van der Waals surface area contributed by atoms with Crippen molar-refractivity contribution in [1.29, 1.82) is 0 Å². The number of nitrogens with one attached hydrogen (secondary N) is 1. The molecule has 1 unspecified atom stereocenters. The van der Waals surface area contributed by atoms with E-state index in [9.17, 15) is 9.90 Å². The molecule has 1 aliphatic rings. The number of amides is 1. The third-order valence-corrected chi connectivity index (χ3v) is 5.44. The standard InChI is InChI=1S/C18H31N3O3S/c1-12(2)11-24-16(19)17(23)21-14(10-13-6-4-3-5-7-13)15(22)18-20-8-9-25-18/h8-9,12-16,22H,3-7,10-11,19H2,1-2H3,(H,21,23)/t14-,15+,16?/m0/s1. The van der Waals surface area contributed by atoms with Gasteiger partial charge in [0.25, 0.3) is 5.91 Å². The Balaban J connectivity index is 1.98. The first-order valence-electron chi connectivity index (χ1n) is 9.22. The van der Waals surface area contributed by atoms with E-state index in [0.29, 0.717) is 23.5 Å². The highest BCUT2D eigenvalue weighted by atomic mass is 32.1. The molecule has 25 heavy (non-hydrogen) atoms.